The van der Waals surface area contributed by atoms with E-state index in [0.29, 0.717) is 11.7 Å². The van der Waals surface area contributed by atoms with Gasteiger partial charge in [0.2, 0.25) is 0 Å². The summed E-state index contributed by atoms with van der Waals surface area (Å²) in [6.45, 7) is 6.34. The van der Waals surface area contributed by atoms with Crippen LogP contribution in [0.3, 0.4) is 0 Å². The van der Waals surface area contributed by atoms with Crippen molar-refractivity contribution in [1.29, 1.82) is 0 Å². The molecule has 5 heteroatoms. The molecule has 1 fully saturated rings. The maximum atomic E-state index is 12.1. The Morgan fingerprint density at radius 1 is 1.25 bits per heavy atom. The molecule has 2 atom stereocenters. The minimum absolute atomic E-state index is 0.0222. The van der Waals surface area contributed by atoms with Crippen molar-refractivity contribution in [1.82, 2.24) is 5.16 Å². The van der Waals surface area contributed by atoms with Crippen LogP contribution in [0.25, 0.3) is 0 Å². The zero-order chi connectivity index (χ0) is 14.8. The molecule has 0 aliphatic heterocycles. The van der Waals surface area contributed by atoms with Crippen LogP contribution in [0.4, 0.5) is 0 Å². The lowest BCUT2D eigenvalue weighted by Gasteiger charge is -2.31. The first-order chi connectivity index (χ1) is 9.34. The van der Waals surface area contributed by atoms with Gasteiger partial charge in [0, 0.05) is 6.07 Å². The molecular formula is C15H25NO3S. The van der Waals surface area contributed by atoms with Crippen molar-refractivity contribution in [3.05, 3.63) is 17.5 Å². The molecule has 0 amide bonds. The molecular weight excluding hydrogens is 274 g/mol. The maximum Gasteiger partial charge on any atom is 0.157 e. The van der Waals surface area contributed by atoms with Gasteiger partial charge in [-0.2, -0.15) is 0 Å². The van der Waals surface area contributed by atoms with Crippen LogP contribution in [0.5, 0.6) is 0 Å². The Kier molecular flexibility index (Phi) is 4.89. The molecule has 2 rings (SSSR count). The minimum Gasteiger partial charge on any atom is -0.360 e. The molecule has 1 saturated carbocycles. The first-order valence-electron chi connectivity index (χ1n) is 7.46. The highest BCUT2D eigenvalue weighted by Gasteiger charge is 2.25. The lowest BCUT2D eigenvalue weighted by molar-refractivity contribution is 0.215. The first-order valence-corrected chi connectivity index (χ1v) is 9.29. The standard InChI is InChI=1S/C15H25NO3S/c1-11-6-12(2)8-14(7-11)4-5-20(17,18)10-15-9-13(3)16-19-15/h9,11-12,14H,4-8,10H2,1-3H3. The summed E-state index contributed by atoms with van der Waals surface area (Å²) in [6.07, 6.45) is 4.40. The molecule has 1 aliphatic carbocycles. The molecule has 0 bridgehead atoms. The molecule has 1 aliphatic rings. The summed E-state index contributed by atoms with van der Waals surface area (Å²) >= 11 is 0. The van der Waals surface area contributed by atoms with Crippen LogP contribution in [0.2, 0.25) is 0 Å². The molecule has 1 heterocycles. The van der Waals surface area contributed by atoms with Crippen molar-refractivity contribution in [3.8, 4) is 0 Å². The number of rotatable bonds is 5. The number of hydrogen-bond donors (Lipinski definition) is 0. The lowest BCUT2D eigenvalue weighted by atomic mass is 9.76. The van der Waals surface area contributed by atoms with Gasteiger partial charge in [0.25, 0.3) is 0 Å². The Bertz CT molecular complexity index is 525. The van der Waals surface area contributed by atoms with Crippen molar-refractivity contribution in [2.24, 2.45) is 17.8 Å². The lowest BCUT2D eigenvalue weighted by Crippen LogP contribution is -2.22. The third-order valence-electron chi connectivity index (χ3n) is 4.15. The van der Waals surface area contributed by atoms with Crippen LogP contribution in [0, 0.1) is 24.7 Å². The molecule has 0 N–H and O–H groups in total. The predicted molar refractivity (Wildman–Crippen MR) is 79.0 cm³/mol. The van der Waals surface area contributed by atoms with Crippen LogP contribution < -0.4 is 0 Å². The first kappa shape index (κ1) is 15.5. The smallest absolute Gasteiger partial charge is 0.157 e. The Balaban J connectivity index is 1.86. The van der Waals surface area contributed by atoms with Crippen molar-refractivity contribution >= 4 is 9.84 Å². The normalized spacial score (nSPS) is 27.6. The van der Waals surface area contributed by atoms with E-state index in [1.54, 1.807) is 13.0 Å². The molecule has 114 valence electrons. The fraction of sp³-hybridized carbons (Fsp3) is 0.800. The average molecular weight is 299 g/mol. The molecule has 0 aromatic carbocycles. The molecule has 0 radical (unpaired) electrons. The summed E-state index contributed by atoms with van der Waals surface area (Å²) in [5, 5.41) is 3.73. The molecule has 0 spiro atoms. The molecule has 1 aromatic rings. The Morgan fingerprint density at radius 3 is 2.45 bits per heavy atom. The van der Waals surface area contributed by atoms with Gasteiger partial charge in [-0.15, -0.1) is 0 Å². The monoisotopic (exact) mass is 299 g/mol. The summed E-state index contributed by atoms with van der Waals surface area (Å²) in [6, 6.07) is 1.70. The van der Waals surface area contributed by atoms with Gasteiger partial charge in [0.15, 0.2) is 15.6 Å². The fourth-order valence-electron chi connectivity index (χ4n) is 3.47. The topological polar surface area (TPSA) is 60.2 Å². The van der Waals surface area contributed by atoms with E-state index < -0.39 is 9.84 Å². The van der Waals surface area contributed by atoms with E-state index >= 15 is 0 Å². The number of hydrogen-bond acceptors (Lipinski definition) is 4. The zero-order valence-corrected chi connectivity index (χ0v) is 13.4. The van der Waals surface area contributed by atoms with Gasteiger partial charge in [-0.05, 0) is 50.4 Å². The summed E-state index contributed by atoms with van der Waals surface area (Å²) in [5.41, 5.74) is 0.727. The quantitative estimate of drug-likeness (QED) is 0.836. The van der Waals surface area contributed by atoms with Crippen molar-refractivity contribution in [3.63, 3.8) is 0 Å². The fourth-order valence-corrected chi connectivity index (χ4v) is 4.88. The molecule has 20 heavy (non-hydrogen) atoms. The summed E-state index contributed by atoms with van der Waals surface area (Å²) < 4.78 is 29.3. The second-order valence-electron chi connectivity index (χ2n) is 6.60. The van der Waals surface area contributed by atoms with Crippen LogP contribution in [0.1, 0.15) is 51.0 Å². The van der Waals surface area contributed by atoms with Crippen LogP contribution >= 0.6 is 0 Å². The van der Waals surface area contributed by atoms with Gasteiger partial charge >= 0.3 is 0 Å². The maximum absolute atomic E-state index is 12.1. The van der Waals surface area contributed by atoms with Gasteiger partial charge in [0.1, 0.15) is 5.75 Å². The SMILES string of the molecule is Cc1cc(CS(=O)(=O)CCC2CC(C)CC(C)C2)on1. The zero-order valence-electron chi connectivity index (χ0n) is 12.6. The third-order valence-corrected chi connectivity index (χ3v) is 5.73. The van der Waals surface area contributed by atoms with Gasteiger partial charge in [-0.3, -0.25) is 0 Å². The Labute approximate surface area is 121 Å². The molecule has 4 nitrogen and oxygen atoms in total. The highest BCUT2D eigenvalue weighted by atomic mass is 32.2. The molecule has 1 aromatic heterocycles. The Morgan fingerprint density at radius 2 is 1.90 bits per heavy atom. The number of nitrogens with zero attached hydrogens (tertiary/aromatic N) is 1. The second kappa shape index (κ2) is 6.29. The van der Waals surface area contributed by atoms with E-state index in [1.165, 1.54) is 19.3 Å². The van der Waals surface area contributed by atoms with Gasteiger partial charge in [-0.1, -0.05) is 19.0 Å². The number of aryl methyl sites for hydroxylation is 1. The summed E-state index contributed by atoms with van der Waals surface area (Å²) in [5.74, 6) is 2.70. The highest BCUT2D eigenvalue weighted by molar-refractivity contribution is 7.90. The second-order valence-corrected chi connectivity index (χ2v) is 8.78. The van der Waals surface area contributed by atoms with E-state index in [0.717, 1.165) is 24.0 Å². The van der Waals surface area contributed by atoms with Crippen molar-refractivity contribution in [2.75, 3.05) is 5.75 Å². The highest BCUT2D eigenvalue weighted by Crippen LogP contribution is 2.34. The minimum atomic E-state index is -3.09. The predicted octanol–water partition coefficient (Wildman–Crippen LogP) is 3.36. The van der Waals surface area contributed by atoms with Crippen molar-refractivity contribution < 1.29 is 12.9 Å². The largest absolute Gasteiger partial charge is 0.360 e. The van der Waals surface area contributed by atoms with E-state index in [1.807, 2.05) is 0 Å². The van der Waals surface area contributed by atoms with Gasteiger partial charge in [-0.25, -0.2) is 8.42 Å². The summed E-state index contributed by atoms with van der Waals surface area (Å²) in [7, 11) is -3.09. The van der Waals surface area contributed by atoms with E-state index in [-0.39, 0.29) is 11.5 Å². The van der Waals surface area contributed by atoms with E-state index in [2.05, 4.69) is 19.0 Å². The van der Waals surface area contributed by atoms with Crippen LogP contribution in [-0.2, 0) is 15.6 Å². The molecule has 0 saturated heterocycles. The summed E-state index contributed by atoms with van der Waals surface area (Å²) in [4.78, 5) is 0. The van der Waals surface area contributed by atoms with Crippen LogP contribution in [0.15, 0.2) is 10.6 Å². The number of sulfone groups is 1. The average Bonchev–Trinajstić information content (AvgIpc) is 2.70. The van der Waals surface area contributed by atoms with E-state index in [9.17, 15) is 8.42 Å². The van der Waals surface area contributed by atoms with Gasteiger partial charge < -0.3 is 4.52 Å². The number of aromatic nitrogens is 1. The van der Waals surface area contributed by atoms with Crippen molar-refractivity contribution in [2.45, 2.75) is 52.2 Å². The van der Waals surface area contributed by atoms with Crippen LogP contribution in [-0.4, -0.2) is 19.3 Å². The van der Waals surface area contributed by atoms with Gasteiger partial charge in [0.05, 0.1) is 11.4 Å². The van der Waals surface area contributed by atoms with E-state index in [4.69, 9.17) is 4.52 Å². The molecule has 2 unspecified atom stereocenters. The third kappa shape index (κ3) is 4.62. The Hall–Kier alpha value is -0.840.